The smallest absolute Gasteiger partial charge is 0.227 e. The first-order valence-corrected chi connectivity index (χ1v) is 10.1. The van der Waals surface area contributed by atoms with Crippen molar-refractivity contribution in [3.05, 3.63) is 59.9 Å². The Hall–Kier alpha value is -3.28. The second-order valence-electron chi connectivity index (χ2n) is 7.55. The molecule has 156 valence electrons. The highest BCUT2D eigenvalue weighted by molar-refractivity contribution is 5.98. The molecule has 0 bridgehead atoms. The molecule has 30 heavy (non-hydrogen) atoms. The molecule has 6 heteroatoms. The van der Waals surface area contributed by atoms with Gasteiger partial charge in [-0.25, -0.2) is 0 Å². The van der Waals surface area contributed by atoms with Crippen LogP contribution in [-0.2, 0) is 11.2 Å². The lowest BCUT2D eigenvalue weighted by Gasteiger charge is -2.31. The number of rotatable bonds is 6. The molecule has 4 rings (SSSR count). The Morgan fingerprint density at radius 1 is 1.00 bits per heavy atom. The summed E-state index contributed by atoms with van der Waals surface area (Å²) in [6.07, 6.45) is 3.29. The Balaban J connectivity index is 1.35. The summed E-state index contributed by atoms with van der Waals surface area (Å²) in [4.78, 5) is 27.4. The number of piperidine rings is 1. The average molecular weight is 407 g/mol. The second kappa shape index (κ2) is 8.61. The van der Waals surface area contributed by atoms with Crippen LogP contribution in [0.15, 0.2) is 53.1 Å². The van der Waals surface area contributed by atoms with E-state index in [-0.39, 0.29) is 24.0 Å². The van der Waals surface area contributed by atoms with E-state index < -0.39 is 0 Å². The molecule has 1 fully saturated rings. The number of ketones is 1. The van der Waals surface area contributed by atoms with Crippen molar-refractivity contribution < 1.29 is 23.5 Å². The number of ether oxygens (including phenoxy) is 2. The van der Waals surface area contributed by atoms with Crippen molar-refractivity contribution >= 4 is 22.7 Å². The molecule has 3 aromatic rings. The Labute approximate surface area is 175 Å². The van der Waals surface area contributed by atoms with E-state index in [1.165, 1.54) is 0 Å². The van der Waals surface area contributed by atoms with Gasteiger partial charge in [-0.2, -0.15) is 0 Å². The zero-order chi connectivity index (χ0) is 21.1. The molecule has 0 N–H and O–H groups in total. The number of likely N-dealkylation sites (tertiary alicyclic amines) is 1. The highest BCUT2D eigenvalue weighted by Crippen LogP contribution is 2.27. The van der Waals surface area contributed by atoms with Gasteiger partial charge in [-0.1, -0.05) is 0 Å². The first-order valence-electron chi connectivity index (χ1n) is 10.1. The van der Waals surface area contributed by atoms with Crippen molar-refractivity contribution in [3.8, 4) is 11.5 Å². The standard InChI is InChI=1S/C24H25NO5/c1-28-19-5-3-16(4-6-19)24(27)17-9-11-25(12-10-17)23(26)13-18-15-30-22-14-20(29-2)7-8-21(18)22/h3-8,14-15,17H,9-13H2,1-2H3. The molecule has 0 spiro atoms. The van der Waals surface area contributed by atoms with Crippen LogP contribution in [0.1, 0.15) is 28.8 Å². The monoisotopic (exact) mass is 407 g/mol. The van der Waals surface area contributed by atoms with Crippen LogP contribution in [0, 0.1) is 5.92 Å². The number of methoxy groups -OCH3 is 2. The van der Waals surface area contributed by atoms with Crippen LogP contribution < -0.4 is 9.47 Å². The molecule has 1 aromatic heterocycles. The van der Waals surface area contributed by atoms with Crippen LogP contribution in [0.4, 0.5) is 0 Å². The lowest BCUT2D eigenvalue weighted by atomic mass is 9.88. The molecule has 2 heterocycles. The van der Waals surface area contributed by atoms with Gasteiger partial charge in [0.05, 0.1) is 26.9 Å². The maximum Gasteiger partial charge on any atom is 0.227 e. The summed E-state index contributed by atoms with van der Waals surface area (Å²) in [7, 11) is 3.21. The molecular formula is C24H25NO5. The Bertz CT molecular complexity index is 1050. The van der Waals surface area contributed by atoms with Gasteiger partial charge in [-0.15, -0.1) is 0 Å². The van der Waals surface area contributed by atoms with Crippen molar-refractivity contribution in [2.24, 2.45) is 5.92 Å². The number of hydrogen-bond donors (Lipinski definition) is 0. The van der Waals surface area contributed by atoms with E-state index in [4.69, 9.17) is 13.9 Å². The SMILES string of the molecule is COc1ccc(C(=O)C2CCN(C(=O)Cc3coc4cc(OC)ccc34)CC2)cc1. The maximum atomic E-state index is 12.8. The minimum atomic E-state index is -0.0512. The number of furan rings is 1. The largest absolute Gasteiger partial charge is 0.497 e. The van der Waals surface area contributed by atoms with Crippen LogP contribution in [0.2, 0.25) is 0 Å². The Morgan fingerprint density at radius 2 is 1.67 bits per heavy atom. The molecule has 0 radical (unpaired) electrons. The number of hydrogen-bond acceptors (Lipinski definition) is 5. The van der Waals surface area contributed by atoms with Gasteiger partial charge in [0.2, 0.25) is 5.91 Å². The van der Waals surface area contributed by atoms with E-state index in [9.17, 15) is 9.59 Å². The molecule has 1 aliphatic heterocycles. The predicted octanol–water partition coefficient (Wildman–Crippen LogP) is 4.11. The summed E-state index contributed by atoms with van der Waals surface area (Å²) in [5, 5.41) is 0.925. The summed E-state index contributed by atoms with van der Waals surface area (Å²) in [5.41, 5.74) is 2.27. The molecule has 0 aliphatic carbocycles. The van der Waals surface area contributed by atoms with Crippen molar-refractivity contribution in [1.29, 1.82) is 0 Å². The zero-order valence-corrected chi connectivity index (χ0v) is 17.2. The van der Waals surface area contributed by atoms with Crippen LogP contribution >= 0.6 is 0 Å². The fourth-order valence-corrected chi connectivity index (χ4v) is 3.98. The molecule has 0 atom stereocenters. The number of carbonyl (C=O) groups is 2. The van der Waals surface area contributed by atoms with Gasteiger partial charge in [0.15, 0.2) is 5.78 Å². The van der Waals surface area contributed by atoms with Crippen molar-refractivity contribution in [3.63, 3.8) is 0 Å². The average Bonchev–Trinajstić information content (AvgIpc) is 3.20. The zero-order valence-electron chi connectivity index (χ0n) is 17.2. The van der Waals surface area contributed by atoms with Crippen molar-refractivity contribution in [2.75, 3.05) is 27.3 Å². The van der Waals surface area contributed by atoms with Gasteiger partial charge in [-0.05, 0) is 49.2 Å². The van der Waals surface area contributed by atoms with Crippen LogP contribution in [0.25, 0.3) is 11.0 Å². The molecule has 1 amide bonds. The summed E-state index contributed by atoms with van der Waals surface area (Å²) in [5.74, 6) is 1.60. The summed E-state index contributed by atoms with van der Waals surface area (Å²) in [6.45, 7) is 1.18. The molecule has 0 unspecified atom stereocenters. The second-order valence-corrected chi connectivity index (χ2v) is 7.55. The third-order valence-corrected chi connectivity index (χ3v) is 5.80. The molecule has 1 saturated heterocycles. The van der Waals surface area contributed by atoms with E-state index in [0.717, 1.165) is 22.4 Å². The summed E-state index contributed by atoms with van der Waals surface area (Å²) in [6, 6.07) is 12.8. The lowest BCUT2D eigenvalue weighted by Crippen LogP contribution is -2.41. The Kier molecular flexibility index (Phi) is 5.74. The van der Waals surface area contributed by atoms with Gasteiger partial charge in [0.1, 0.15) is 17.1 Å². The number of amides is 1. The van der Waals surface area contributed by atoms with Crippen molar-refractivity contribution in [1.82, 2.24) is 4.90 Å². The van der Waals surface area contributed by atoms with Gasteiger partial charge < -0.3 is 18.8 Å². The minimum absolute atomic E-state index is 0.0512. The van der Waals surface area contributed by atoms with E-state index in [1.807, 2.05) is 23.1 Å². The van der Waals surface area contributed by atoms with E-state index in [1.54, 1.807) is 44.7 Å². The Morgan fingerprint density at radius 3 is 2.33 bits per heavy atom. The lowest BCUT2D eigenvalue weighted by molar-refractivity contribution is -0.131. The van der Waals surface area contributed by atoms with Gasteiger partial charge in [0, 0.05) is 41.6 Å². The normalized spacial score (nSPS) is 14.7. The topological polar surface area (TPSA) is 69.0 Å². The minimum Gasteiger partial charge on any atom is -0.497 e. The number of Topliss-reactive ketones (excluding diaryl/α,β-unsaturated/α-hetero) is 1. The number of benzene rings is 2. The van der Waals surface area contributed by atoms with Crippen molar-refractivity contribution in [2.45, 2.75) is 19.3 Å². The third-order valence-electron chi connectivity index (χ3n) is 5.80. The van der Waals surface area contributed by atoms with Gasteiger partial charge in [-0.3, -0.25) is 9.59 Å². The summed E-state index contributed by atoms with van der Waals surface area (Å²) >= 11 is 0. The van der Waals surface area contributed by atoms with Gasteiger partial charge >= 0.3 is 0 Å². The first kappa shape index (κ1) is 20.0. The van der Waals surface area contributed by atoms with Gasteiger partial charge in [0.25, 0.3) is 0 Å². The number of carbonyl (C=O) groups excluding carboxylic acids is 2. The van der Waals surface area contributed by atoms with E-state index >= 15 is 0 Å². The highest BCUT2D eigenvalue weighted by Gasteiger charge is 2.28. The van der Waals surface area contributed by atoms with Crippen LogP contribution in [0.3, 0.4) is 0 Å². The number of fused-ring (bicyclic) bond motifs is 1. The highest BCUT2D eigenvalue weighted by atomic mass is 16.5. The maximum absolute atomic E-state index is 12.8. The quantitative estimate of drug-likeness (QED) is 0.575. The first-order chi connectivity index (χ1) is 14.6. The van der Waals surface area contributed by atoms with Crippen LogP contribution in [0.5, 0.6) is 11.5 Å². The van der Waals surface area contributed by atoms with E-state index in [0.29, 0.717) is 37.1 Å². The van der Waals surface area contributed by atoms with Crippen LogP contribution in [-0.4, -0.2) is 43.9 Å². The predicted molar refractivity (Wildman–Crippen MR) is 113 cm³/mol. The molecular weight excluding hydrogens is 382 g/mol. The molecule has 2 aromatic carbocycles. The van der Waals surface area contributed by atoms with E-state index in [2.05, 4.69) is 0 Å². The number of nitrogens with zero attached hydrogens (tertiary/aromatic N) is 1. The summed E-state index contributed by atoms with van der Waals surface area (Å²) < 4.78 is 15.9. The third kappa shape index (κ3) is 4.03. The molecule has 1 aliphatic rings. The fraction of sp³-hybridized carbons (Fsp3) is 0.333. The molecule has 6 nitrogen and oxygen atoms in total. The fourth-order valence-electron chi connectivity index (χ4n) is 3.98. The molecule has 0 saturated carbocycles.